The van der Waals surface area contributed by atoms with E-state index < -0.39 is 0 Å². The number of aromatic nitrogens is 1. The topological polar surface area (TPSA) is 72.5 Å². The van der Waals surface area contributed by atoms with E-state index in [1.54, 1.807) is 7.11 Å². The summed E-state index contributed by atoms with van der Waals surface area (Å²) in [4.78, 5) is 17.0. The predicted octanol–water partition coefficient (Wildman–Crippen LogP) is 4.51. The highest BCUT2D eigenvalue weighted by molar-refractivity contribution is 5.85. The van der Waals surface area contributed by atoms with E-state index in [9.17, 15) is 4.79 Å². The number of hydrogen-bond acceptors (Lipinski definition) is 5. The number of rotatable bonds is 4. The SMILES string of the molecule is COc1ccc2c(c1)/C(=C/CCC1CCC3(CN1)NC(=O)Cc1ccccc13)c1cccnc1CO2. The van der Waals surface area contributed by atoms with Crippen LogP contribution in [0, 0.1) is 0 Å². The van der Waals surface area contributed by atoms with Crippen molar-refractivity contribution in [3.05, 3.63) is 94.8 Å². The minimum absolute atomic E-state index is 0.121. The van der Waals surface area contributed by atoms with Crippen molar-refractivity contribution in [2.45, 2.75) is 50.3 Å². The molecule has 2 aromatic carbocycles. The van der Waals surface area contributed by atoms with Gasteiger partial charge in [0.1, 0.15) is 18.1 Å². The van der Waals surface area contributed by atoms with E-state index in [2.05, 4.69) is 52.0 Å². The number of benzene rings is 2. The fourth-order valence-electron chi connectivity index (χ4n) is 5.92. The summed E-state index contributed by atoms with van der Waals surface area (Å²) in [5.41, 5.74) is 6.38. The number of methoxy groups -OCH3 is 1. The fraction of sp³-hybridized carbons (Fsp3) is 0.333. The monoisotopic (exact) mass is 481 g/mol. The van der Waals surface area contributed by atoms with Gasteiger partial charge in [-0.15, -0.1) is 0 Å². The average Bonchev–Trinajstić information content (AvgIpc) is 3.06. The van der Waals surface area contributed by atoms with Crippen LogP contribution in [0.25, 0.3) is 5.57 Å². The first-order valence-electron chi connectivity index (χ1n) is 12.7. The molecule has 1 aromatic heterocycles. The second kappa shape index (κ2) is 9.43. The number of fused-ring (bicyclic) bond motifs is 4. The van der Waals surface area contributed by atoms with Crippen LogP contribution in [0.3, 0.4) is 0 Å². The molecule has 3 aliphatic heterocycles. The van der Waals surface area contributed by atoms with Gasteiger partial charge in [0.15, 0.2) is 0 Å². The van der Waals surface area contributed by atoms with E-state index in [1.165, 1.54) is 5.56 Å². The molecule has 2 atom stereocenters. The van der Waals surface area contributed by atoms with E-state index in [0.29, 0.717) is 19.1 Å². The van der Waals surface area contributed by atoms with E-state index in [1.807, 2.05) is 30.5 Å². The van der Waals surface area contributed by atoms with Gasteiger partial charge in [0.05, 0.1) is 24.8 Å². The first kappa shape index (κ1) is 22.8. The summed E-state index contributed by atoms with van der Waals surface area (Å²) in [7, 11) is 1.69. The van der Waals surface area contributed by atoms with Crippen LogP contribution in [-0.4, -0.2) is 30.6 Å². The molecule has 0 bridgehead atoms. The molecule has 184 valence electrons. The molecule has 0 radical (unpaired) electrons. The molecule has 6 rings (SSSR count). The molecule has 1 fully saturated rings. The molecule has 4 heterocycles. The number of pyridine rings is 1. The first-order chi connectivity index (χ1) is 17.6. The molecule has 3 aliphatic rings. The van der Waals surface area contributed by atoms with Crippen LogP contribution < -0.4 is 20.1 Å². The number of piperidine rings is 1. The van der Waals surface area contributed by atoms with E-state index in [0.717, 1.165) is 71.7 Å². The van der Waals surface area contributed by atoms with Gasteiger partial charge in [-0.25, -0.2) is 0 Å². The Bertz CT molecular complexity index is 1320. The van der Waals surface area contributed by atoms with Crippen molar-refractivity contribution in [3.63, 3.8) is 0 Å². The Balaban J connectivity index is 1.20. The van der Waals surface area contributed by atoms with Crippen LogP contribution in [0.15, 0.2) is 66.9 Å². The molecular formula is C30H31N3O3. The number of carbonyl (C=O) groups excluding carboxylic acids is 1. The lowest BCUT2D eigenvalue weighted by Gasteiger charge is -2.45. The third kappa shape index (κ3) is 4.16. The lowest BCUT2D eigenvalue weighted by molar-refractivity contribution is -0.123. The smallest absolute Gasteiger partial charge is 0.225 e. The highest BCUT2D eigenvalue weighted by Gasteiger charge is 2.41. The lowest BCUT2D eigenvalue weighted by atomic mass is 9.75. The van der Waals surface area contributed by atoms with Gasteiger partial charge in [-0.05, 0) is 66.6 Å². The van der Waals surface area contributed by atoms with Gasteiger partial charge in [-0.2, -0.15) is 0 Å². The molecule has 1 amide bonds. The van der Waals surface area contributed by atoms with Crippen molar-refractivity contribution >= 4 is 11.5 Å². The predicted molar refractivity (Wildman–Crippen MR) is 139 cm³/mol. The third-order valence-electron chi connectivity index (χ3n) is 7.76. The zero-order valence-electron chi connectivity index (χ0n) is 20.5. The van der Waals surface area contributed by atoms with Gasteiger partial charge in [-0.3, -0.25) is 9.78 Å². The minimum Gasteiger partial charge on any atom is -0.497 e. The summed E-state index contributed by atoms with van der Waals surface area (Å²) in [6, 6.07) is 18.8. The number of carbonyl (C=O) groups is 1. The summed E-state index contributed by atoms with van der Waals surface area (Å²) < 4.78 is 11.6. The quantitative estimate of drug-likeness (QED) is 0.574. The molecule has 2 unspecified atom stereocenters. The maximum Gasteiger partial charge on any atom is 0.225 e. The summed E-state index contributed by atoms with van der Waals surface area (Å²) in [6.07, 6.45) is 8.52. The molecule has 0 aliphatic carbocycles. The zero-order valence-corrected chi connectivity index (χ0v) is 20.5. The maximum absolute atomic E-state index is 12.4. The fourth-order valence-corrected chi connectivity index (χ4v) is 5.92. The largest absolute Gasteiger partial charge is 0.497 e. The standard InChI is InChI=1S/C30H31N3O3/c1-35-22-11-12-28-25(17-22)23(24-9-5-15-31-27(24)18-36-28)8-4-7-21-13-14-30(19-32-21)26-10-3-2-6-20(26)16-29(34)33-30/h2-3,5-6,8-12,15,17,21,32H,4,7,13-14,16,18-19H2,1H3,(H,33,34)/b23-8+. The normalized spacial score (nSPS) is 23.6. The summed E-state index contributed by atoms with van der Waals surface area (Å²) >= 11 is 0. The van der Waals surface area contributed by atoms with Crippen molar-refractivity contribution in [3.8, 4) is 11.5 Å². The van der Waals surface area contributed by atoms with Crippen LogP contribution in [0.1, 0.15) is 53.6 Å². The lowest BCUT2D eigenvalue weighted by Crippen LogP contribution is -2.60. The molecule has 0 saturated carbocycles. The minimum atomic E-state index is -0.292. The average molecular weight is 482 g/mol. The Kier molecular flexibility index (Phi) is 5.97. The molecule has 2 N–H and O–H groups in total. The van der Waals surface area contributed by atoms with Crippen LogP contribution >= 0.6 is 0 Å². The van der Waals surface area contributed by atoms with Gasteiger partial charge >= 0.3 is 0 Å². The highest BCUT2D eigenvalue weighted by Crippen LogP contribution is 2.39. The number of hydrogen-bond donors (Lipinski definition) is 2. The zero-order chi connectivity index (χ0) is 24.5. The number of ether oxygens (including phenoxy) is 2. The summed E-state index contributed by atoms with van der Waals surface area (Å²) in [5.74, 6) is 1.78. The first-order valence-corrected chi connectivity index (χ1v) is 12.7. The van der Waals surface area contributed by atoms with Crippen LogP contribution in [0.5, 0.6) is 11.5 Å². The van der Waals surface area contributed by atoms with Gasteiger partial charge in [0, 0.05) is 29.9 Å². The molecule has 6 heteroatoms. The Morgan fingerprint density at radius 2 is 2.08 bits per heavy atom. The molecule has 3 aromatic rings. The molecule has 36 heavy (non-hydrogen) atoms. The van der Waals surface area contributed by atoms with Gasteiger partial charge in [-0.1, -0.05) is 36.4 Å². The van der Waals surface area contributed by atoms with Crippen molar-refractivity contribution < 1.29 is 14.3 Å². The van der Waals surface area contributed by atoms with Crippen LogP contribution in [0.2, 0.25) is 0 Å². The molecule has 1 saturated heterocycles. The van der Waals surface area contributed by atoms with Gasteiger partial charge in [0.25, 0.3) is 0 Å². The number of nitrogens with one attached hydrogen (secondary N) is 2. The van der Waals surface area contributed by atoms with Crippen molar-refractivity contribution in [2.75, 3.05) is 13.7 Å². The van der Waals surface area contributed by atoms with Crippen molar-refractivity contribution in [1.29, 1.82) is 0 Å². The number of allylic oxidation sites excluding steroid dienone is 1. The Labute approximate surface area is 211 Å². The Morgan fingerprint density at radius 3 is 2.94 bits per heavy atom. The van der Waals surface area contributed by atoms with Crippen molar-refractivity contribution in [2.24, 2.45) is 0 Å². The molecule has 6 nitrogen and oxygen atoms in total. The van der Waals surface area contributed by atoms with Crippen molar-refractivity contribution in [1.82, 2.24) is 15.6 Å². The maximum atomic E-state index is 12.4. The second-order valence-corrected chi connectivity index (χ2v) is 9.92. The van der Waals surface area contributed by atoms with Gasteiger partial charge in [0.2, 0.25) is 5.91 Å². The number of amides is 1. The summed E-state index contributed by atoms with van der Waals surface area (Å²) in [5, 5.41) is 7.06. The second-order valence-electron chi connectivity index (χ2n) is 9.92. The highest BCUT2D eigenvalue weighted by atomic mass is 16.5. The summed E-state index contributed by atoms with van der Waals surface area (Å²) in [6.45, 7) is 1.21. The van der Waals surface area contributed by atoms with E-state index in [4.69, 9.17) is 9.47 Å². The Morgan fingerprint density at radius 1 is 1.17 bits per heavy atom. The van der Waals surface area contributed by atoms with E-state index in [-0.39, 0.29) is 11.4 Å². The third-order valence-corrected chi connectivity index (χ3v) is 7.76. The van der Waals surface area contributed by atoms with Gasteiger partial charge < -0.3 is 20.1 Å². The number of nitrogens with zero attached hydrogens (tertiary/aromatic N) is 1. The van der Waals surface area contributed by atoms with E-state index >= 15 is 0 Å². The molecule has 1 spiro atoms. The molecular weight excluding hydrogens is 450 g/mol. The van der Waals surface area contributed by atoms with Crippen LogP contribution in [-0.2, 0) is 23.4 Å². The Hall–Kier alpha value is -3.64. The van der Waals surface area contributed by atoms with Crippen LogP contribution in [0.4, 0.5) is 0 Å².